The van der Waals surface area contributed by atoms with E-state index in [0.717, 1.165) is 16.3 Å². The minimum Gasteiger partial charge on any atom is -0.480 e. The Hall–Kier alpha value is -2.40. The summed E-state index contributed by atoms with van der Waals surface area (Å²) >= 11 is 1.21. The molecule has 0 saturated carbocycles. The van der Waals surface area contributed by atoms with Crippen molar-refractivity contribution in [2.24, 2.45) is 0 Å². The van der Waals surface area contributed by atoms with Crippen LogP contribution in [0.4, 0.5) is 0 Å². The summed E-state index contributed by atoms with van der Waals surface area (Å²) in [7, 11) is 0. The van der Waals surface area contributed by atoms with Crippen molar-refractivity contribution in [3.63, 3.8) is 0 Å². The third-order valence-electron chi connectivity index (χ3n) is 3.09. The van der Waals surface area contributed by atoms with Crippen molar-refractivity contribution in [1.29, 1.82) is 0 Å². The topological polar surface area (TPSA) is 63.1 Å². The summed E-state index contributed by atoms with van der Waals surface area (Å²) in [5.74, 6) is -0.888. The minimum absolute atomic E-state index is 0.629. The number of hydrogen-bond acceptors (Lipinski definition) is 4. The second-order valence-corrected chi connectivity index (χ2v) is 5.58. The predicted octanol–water partition coefficient (Wildman–Crippen LogP) is 3.55. The Morgan fingerprint density at radius 1 is 1.05 bits per heavy atom. The van der Waals surface area contributed by atoms with Gasteiger partial charge >= 0.3 is 5.97 Å². The van der Waals surface area contributed by atoms with E-state index in [0.29, 0.717) is 5.03 Å². The number of fused-ring (bicyclic) bond motifs is 1. The summed E-state index contributed by atoms with van der Waals surface area (Å²) in [5.41, 5.74) is 0.740. The van der Waals surface area contributed by atoms with Crippen LogP contribution in [-0.4, -0.2) is 21.3 Å². The smallest absolute Gasteiger partial charge is 0.321 e. The van der Waals surface area contributed by atoms with Crippen molar-refractivity contribution in [2.75, 3.05) is 0 Å². The molecule has 1 unspecified atom stereocenters. The molecule has 0 aliphatic heterocycles. The first-order chi connectivity index (χ1) is 10.3. The van der Waals surface area contributed by atoms with Crippen LogP contribution >= 0.6 is 11.8 Å². The van der Waals surface area contributed by atoms with Crippen LogP contribution in [0.25, 0.3) is 10.8 Å². The molecule has 1 N–H and O–H groups in total. The zero-order valence-corrected chi connectivity index (χ0v) is 11.8. The third-order valence-corrected chi connectivity index (χ3v) is 4.33. The van der Waals surface area contributed by atoms with Gasteiger partial charge in [0.05, 0.1) is 6.20 Å². The molecule has 0 spiro atoms. The van der Waals surface area contributed by atoms with Crippen molar-refractivity contribution in [2.45, 2.75) is 10.3 Å². The fourth-order valence-electron chi connectivity index (χ4n) is 2.09. The molecule has 4 nitrogen and oxygen atoms in total. The van der Waals surface area contributed by atoms with E-state index < -0.39 is 11.2 Å². The first-order valence-electron chi connectivity index (χ1n) is 6.40. The normalized spacial score (nSPS) is 12.2. The van der Waals surface area contributed by atoms with E-state index in [9.17, 15) is 9.90 Å². The lowest BCUT2D eigenvalue weighted by Gasteiger charge is -2.12. The van der Waals surface area contributed by atoms with Gasteiger partial charge in [-0.15, -0.1) is 5.10 Å². The summed E-state index contributed by atoms with van der Waals surface area (Å²) in [6.45, 7) is 0. The molecule has 0 aliphatic rings. The molecule has 0 radical (unpaired) electrons. The number of hydrogen-bond donors (Lipinski definition) is 1. The van der Waals surface area contributed by atoms with Gasteiger partial charge < -0.3 is 5.11 Å². The Labute approximate surface area is 125 Å². The average molecular weight is 296 g/mol. The summed E-state index contributed by atoms with van der Waals surface area (Å²) in [6.07, 6.45) is 1.68. The first kappa shape index (κ1) is 13.6. The lowest BCUT2D eigenvalue weighted by atomic mass is 10.1. The maximum absolute atomic E-state index is 11.6. The van der Waals surface area contributed by atoms with Gasteiger partial charge in [-0.25, -0.2) is 0 Å². The van der Waals surface area contributed by atoms with Crippen molar-refractivity contribution in [3.8, 4) is 0 Å². The van der Waals surface area contributed by atoms with Gasteiger partial charge in [-0.3, -0.25) is 4.79 Å². The molecule has 0 fully saturated rings. The third kappa shape index (κ3) is 2.87. The maximum atomic E-state index is 11.6. The van der Waals surface area contributed by atoms with Gasteiger partial charge in [-0.2, -0.15) is 5.10 Å². The molecule has 1 atom stereocenters. The van der Waals surface area contributed by atoms with Gasteiger partial charge in [0.25, 0.3) is 0 Å². The molecule has 0 aliphatic carbocycles. The molecule has 1 aromatic heterocycles. The van der Waals surface area contributed by atoms with Gasteiger partial charge in [0.2, 0.25) is 0 Å². The number of carbonyl (C=O) groups is 1. The van der Waals surface area contributed by atoms with E-state index in [2.05, 4.69) is 10.2 Å². The van der Waals surface area contributed by atoms with E-state index in [1.165, 1.54) is 11.8 Å². The zero-order chi connectivity index (χ0) is 14.7. The molecule has 0 bridgehead atoms. The highest BCUT2D eigenvalue weighted by Crippen LogP contribution is 2.37. The molecule has 2 aromatic carbocycles. The number of nitrogens with zero attached hydrogens (tertiary/aromatic N) is 2. The van der Waals surface area contributed by atoms with Crippen LogP contribution in [0.15, 0.2) is 65.8 Å². The summed E-state index contributed by atoms with van der Waals surface area (Å²) in [4.78, 5) is 11.6. The molecular weight excluding hydrogens is 284 g/mol. The van der Waals surface area contributed by atoms with E-state index >= 15 is 0 Å². The van der Waals surface area contributed by atoms with Crippen LogP contribution in [0.3, 0.4) is 0 Å². The van der Waals surface area contributed by atoms with Crippen molar-refractivity contribution in [1.82, 2.24) is 10.2 Å². The molecule has 0 saturated heterocycles. The van der Waals surface area contributed by atoms with Gasteiger partial charge in [-0.05, 0) is 5.56 Å². The fourth-order valence-corrected chi connectivity index (χ4v) is 3.11. The number of carboxylic acids is 1. The Kier molecular flexibility index (Phi) is 3.83. The number of rotatable bonds is 4. The van der Waals surface area contributed by atoms with Crippen LogP contribution in [-0.2, 0) is 4.79 Å². The molecule has 3 aromatic rings. The SMILES string of the molecule is O=C(O)C(Sc1nncc2ccccc12)c1ccccc1. The maximum Gasteiger partial charge on any atom is 0.321 e. The highest BCUT2D eigenvalue weighted by Gasteiger charge is 2.22. The van der Waals surface area contributed by atoms with E-state index in [1.54, 1.807) is 6.20 Å². The highest BCUT2D eigenvalue weighted by atomic mass is 32.2. The fraction of sp³-hybridized carbons (Fsp3) is 0.0625. The average Bonchev–Trinajstić information content (AvgIpc) is 2.53. The summed E-state index contributed by atoms with van der Waals surface area (Å²) in [6, 6.07) is 16.8. The number of carboxylic acid groups (broad SMARTS) is 1. The van der Waals surface area contributed by atoms with Crippen LogP contribution in [0.5, 0.6) is 0 Å². The monoisotopic (exact) mass is 296 g/mol. The van der Waals surface area contributed by atoms with E-state index in [-0.39, 0.29) is 0 Å². The number of thioether (sulfide) groups is 1. The van der Waals surface area contributed by atoms with Crippen LogP contribution < -0.4 is 0 Å². The molecule has 3 rings (SSSR count). The largest absolute Gasteiger partial charge is 0.480 e. The zero-order valence-electron chi connectivity index (χ0n) is 11.0. The lowest BCUT2D eigenvalue weighted by molar-refractivity contribution is -0.136. The number of benzene rings is 2. The molecule has 21 heavy (non-hydrogen) atoms. The van der Waals surface area contributed by atoms with E-state index in [1.807, 2.05) is 54.6 Å². The molecule has 1 heterocycles. The van der Waals surface area contributed by atoms with Crippen LogP contribution in [0, 0.1) is 0 Å². The minimum atomic E-state index is -0.888. The molecular formula is C16H12N2O2S. The van der Waals surface area contributed by atoms with Gasteiger partial charge in [0.15, 0.2) is 0 Å². The molecule has 0 amide bonds. The summed E-state index contributed by atoms with van der Waals surface area (Å²) < 4.78 is 0. The van der Waals surface area contributed by atoms with Crippen molar-refractivity contribution >= 4 is 28.5 Å². The predicted molar refractivity (Wildman–Crippen MR) is 82.2 cm³/mol. The second kappa shape index (κ2) is 5.93. The van der Waals surface area contributed by atoms with Gasteiger partial charge in [0, 0.05) is 10.8 Å². The Morgan fingerprint density at radius 3 is 2.52 bits per heavy atom. The Balaban J connectivity index is 2.01. The van der Waals surface area contributed by atoms with Crippen LogP contribution in [0.1, 0.15) is 10.8 Å². The first-order valence-corrected chi connectivity index (χ1v) is 7.28. The number of aliphatic carboxylic acids is 1. The van der Waals surface area contributed by atoms with Crippen molar-refractivity contribution < 1.29 is 9.90 Å². The van der Waals surface area contributed by atoms with Gasteiger partial charge in [-0.1, -0.05) is 66.4 Å². The van der Waals surface area contributed by atoms with Crippen LogP contribution in [0.2, 0.25) is 0 Å². The standard InChI is InChI=1S/C16H12N2O2S/c19-16(20)14(11-6-2-1-3-7-11)21-15-13-9-5-4-8-12(13)10-17-18-15/h1-10,14H,(H,19,20). The van der Waals surface area contributed by atoms with Crippen molar-refractivity contribution in [3.05, 3.63) is 66.4 Å². The van der Waals surface area contributed by atoms with E-state index in [4.69, 9.17) is 0 Å². The molecule has 104 valence electrons. The number of aromatic nitrogens is 2. The molecule has 5 heteroatoms. The highest BCUT2D eigenvalue weighted by molar-refractivity contribution is 8.00. The Morgan fingerprint density at radius 2 is 1.76 bits per heavy atom. The second-order valence-electron chi connectivity index (χ2n) is 4.48. The Bertz CT molecular complexity index is 772. The summed E-state index contributed by atoms with van der Waals surface area (Å²) in [5, 5.41) is 19.3. The quantitative estimate of drug-likeness (QED) is 0.746. The lowest BCUT2D eigenvalue weighted by Crippen LogP contribution is -2.08. The van der Waals surface area contributed by atoms with Gasteiger partial charge in [0.1, 0.15) is 10.3 Å².